The maximum atomic E-state index is 11.8. The molecule has 2 unspecified atom stereocenters. The number of hydrogen-bond donors (Lipinski definition) is 0. The van der Waals surface area contributed by atoms with E-state index in [0.717, 1.165) is 24.8 Å². The van der Waals surface area contributed by atoms with E-state index >= 15 is 0 Å². The van der Waals surface area contributed by atoms with Crippen molar-refractivity contribution in [2.45, 2.75) is 58.5 Å². The van der Waals surface area contributed by atoms with E-state index in [1.807, 2.05) is 0 Å². The van der Waals surface area contributed by atoms with Crippen molar-refractivity contribution in [3.8, 4) is 0 Å². The Kier molecular flexibility index (Phi) is 3.07. The average molecular weight is 260 g/mol. The van der Waals surface area contributed by atoms with Crippen LogP contribution in [0, 0.1) is 17.3 Å². The standard InChI is InChI=1S/C17H24O2/c1-4-12-6-5-9-17(3)10-14(17)15-13(8-7-12)11(2)16(18)19-15/h6,13-15H,2,4-5,7-10H2,1,3H3/b12-6-/t13-,14?,15-,17?/m0/s1. The Balaban J connectivity index is 1.86. The molecule has 104 valence electrons. The number of hydrogen-bond acceptors (Lipinski definition) is 2. The van der Waals surface area contributed by atoms with Crippen LogP contribution in [-0.2, 0) is 9.53 Å². The molecule has 0 amide bonds. The second-order valence-electron chi connectivity index (χ2n) is 6.76. The van der Waals surface area contributed by atoms with Crippen LogP contribution in [-0.4, -0.2) is 12.1 Å². The van der Waals surface area contributed by atoms with Crippen LogP contribution in [0.4, 0.5) is 0 Å². The summed E-state index contributed by atoms with van der Waals surface area (Å²) in [5.74, 6) is 0.676. The fraction of sp³-hybridized carbons (Fsp3) is 0.706. The van der Waals surface area contributed by atoms with Gasteiger partial charge in [-0.25, -0.2) is 4.79 Å². The molecule has 2 aliphatic carbocycles. The molecule has 0 N–H and O–H groups in total. The van der Waals surface area contributed by atoms with Crippen LogP contribution in [0.15, 0.2) is 23.8 Å². The molecular weight excluding hydrogens is 236 g/mol. The van der Waals surface area contributed by atoms with Gasteiger partial charge in [0.1, 0.15) is 6.10 Å². The van der Waals surface area contributed by atoms with Gasteiger partial charge in [0, 0.05) is 17.4 Å². The quantitative estimate of drug-likeness (QED) is 0.404. The van der Waals surface area contributed by atoms with E-state index in [1.54, 1.807) is 0 Å². The Bertz CT molecular complexity index is 448. The summed E-state index contributed by atoms with van der Waals surface area (Å²) >= 11 is 0. The molecule has 1 saturated carbocycles. The van der Waals surface area contributed by atoms with Crippen LogP contribution < -0.4 is 0 Å². The maximum absolute atomic E-state index is 11.8. The summed E-state index contributed by atoms with van der Waals surface area (Å²) < 4.78 is 5.64. The zero-order chi connectivity index (χ0) is 13.6. The number of esters is 1. The molecule has 2 fully saturated rings. The molecule has 0 bridgehead atoms. The first-order valence-electron chi connectivity index (χ1n) is 7.63. The predicted molar refractivity (Wildman–Crippen MR) is 75.6 cm³/mol. The Hall–Kier alpha value is -1.05. The Labute approximate surface area is 115 Å². The van der Waals surface area contributed by atoms with Gasteiger partial charge in [-0.3, -0.25) is 0 Å². The van der Waals surface area contributed by atoms with E-state index in [2.05, 4.69) is 26.5 Å². The lowest BCUT2D eigenvalue weighted by Gasteiger charge is -2.22. The summed E-state index contributed by atoms with van der Waals surface area (Å²) in [4.78, 5) is 11.8. The first kappa shape index (κ1) is 13.0. The van der Waals surface area contributed by atoms with E-state index in [9.17, 15) is 4.79 Å². The monoisotopic (exact) mass is 260 g/mol. The van der Waals surface area contributed by atoms with Crippen LogP contribution in [0.2, 0.25) is 0 Å². The molecule has 1 heterocycles. The Morgan fingerprint density at radius 1 is 1.53 bits per heavy atom. The molecule has 0 aromatic heterocycles. The maximum Gasteiger partial charge on any atom is 0.334 e. The highest BCUT2D eigenvalue weighted by molar-refractivity contribution is 5.90. The Morgan fingerprint density at radius 2 is 2.32 bits per heavy atom. The summed E-state index contributed by atoms with van der Waals surface area (Å²) in [5.41, 5.74) is 2.64. The molecule has 4 atom stereocenters. The lowest BCUT2D eigenvalue weighted by atomic mass is 9.83. The fourth-order valence-electron chi connectivity index (χ4n) is 3.95. The number of rotatable bonds is 1. The number of fused-ring (bicyclic) bond motifs is 3. The molecule has 19 heavy (non-hydrogen) atoms. The third kappa shape index (κ3) is 2.15. The third-order valence-electron chi connectivity index (χ3n) is 5.55. The van der Waals surface area contributed by atoms with E-state index in [0.29, 0.717) is 11.3 Å². The van der Waals surface area contributed by atoms with Crippen molar-refractivity contribution in [1.29, 1.82) is 0 Å². The van der Waals surface area contributed by atoms with Crippen molar-refractivity contribution in [2.75, 3.05) is 0 Å². The summed E-state index contributed by atoms with van der Waals surface area (Å²) in [6.07, 6.45) is 9.42. The third-order valence-corrected chi connectivity index (χ3v) is 5.55. The van der Waals surface area contributed by atoms with Gasteiger partial charge in [0.2, 0.25) is 0 Å². The van der Waals surface area contributed by atoms with Crippen molar-refractivity contribution in [1.82, 2.24) is 0 Å². The molecule has 1 aliphatic heterocycles. The second kappa shape index (κ2) is 4.50. The first-order valence-corrected chi connectivity index (χ1v) is 7.63. The molecule has 2 nitrogen and oxygen atoms in total. The number of carbonyl (C=O) groups excluding carboxylic acids is 1. The molecule has 2 heteroatoms. The molecule has 3 aliphatic rings. The molecule has 0 aromatic carbocycles. The molecule has 3 rings (SSSR count). The van der Waals surface area contributed by atoms with Crippen molar-refractivity contribution in [3.05, 3.63) is 23.8 Å². The summed E-state index contributed by atoms with van der Waals surface area (Å²) in [5, 5.41) is 0. The van der Waals surface area contributed by atoms with E-state index in [-0.39, 0.29) is 18.0 Å². The van der Waals surface area contributed by atoms with Crippen LogP contribution in [0.25, 0.3) is 0 Å². The number of carbonyl (C=O) groups is 1. The summed E-state index contributed by atoms with van der Waals surface area (Å²) in [6, 6.07) is 0. The van der Waals surface area contributed by atoms with Gasteiger partial charge < -0.3 is 4.74 Å². The van der Waals surface area contributed by atoms with Crippen molar-refractivity contribution in [3.63, 3.8) is 0 Å². The van der Waals surface area contributed by atoms with Crippen molar-refractivity contribution < 1.29 is 9.53 Å². The lowest BCUT2D eigenvalue weighted by molar-refractivity contribution is -0.140. The van der Waals surface area contributed by atoms with Crippen LogP contribution in [0.3, 0.4) is 0 Å². The largest absolute Gasteiger partial charge is 0.458 e. The van der Waals surface area contributed by atoms with E-state index in [4.69, 9.17) is 4.74 Å². The molecule has 0 aromatic rings. The Morgan fingerprint density at radius 3 is 3.05 bits per heavy atom. The highest BCUT2D eigenvalue weighted by Gasteiger charge is 2.59. The highest BCUT2D eigenvalue weighted by Crippen LogP contribution is 2.61. The van der Waals surface area contributed by atoms with Crippen LogP contribution in [0.5, 0.6) is 0 Å². The zero-order valence-electron chi connectivity index (χ0n) is 12.1. The van der Waals surface area contributed by atoms with Crippen molar-refractivity contribution >= 4 is 5.97 Å². The smallest absolute Gasteiger partial charge is 0.334 e. The topological polar surface area (TPSA) is 26.3 Å². The normalized spacial score (nSPS) is 44.7. The molecule has 0 spiro atoms. The predicted octanol–water partition coefficient (Wildman–Crippen LogP) is 4.02. The molecule has 1 saturated heterocycles. The fourth-order valence-corrected chi connectivity index (χ4v) is 3.95. The molecular formula is C17H24O2. The van der Waals surface area contributed by atoms with Gasteiger partial charge in [0.25, 0.3) is 0 Å². The summed E-state index contributed by atoms with van der Waals surface area (Å²) in [7, 11) is 0. The first-order chi connectivity index (χ1) is 9.05. The van der Waals surface area contributed by atoms with E-state index in [1.165, 1.54) is 24.8 Å². The van der Waals surface area contributed by atoms with Gasteiger partial charge in [0.05, 0.1) is 0 Å². The average Bonchev–Trinajstić information content (AvgIpc) is 2.97. The lowest BCUT2D eigenvalue weighted by Crippen LogP contribution is -2.23. The second-order valence-corrected chi connectivity index (χ2v) is 6.76. The van der Waals surface area contributed by atoms with Gasteiger partial charge >= 0.3 is 5.97 Å². The minimum absolute atomic E-state index is 0.112. The van der Waals surface area contributed by atoms with Crippen molar-refractivity contribution in [2.24, 2.45) is 17.3 Å². The minimum atomic E-state index is -0.148. The summed E-state index contributed by atoms with van der Waals surface area (Å²) in [6.45, 7) is 8.55. The van der Waals surface area contributed by atoms with E-state index < -0.39 is 0 Å². The van der Waals surface area contributed by atoms with Gasteiger partial charge in [-0.05, 0) is 43.9 Å². The van der Waals surface area contributed by atoms with Crippen LogP contribution >= 0.6 is 0 Å². The molecule has 0 radical (unpaired) electrons. The SMILES string of the molecule is C=C1C(=O)O[C@@H]2C3CC3(C)CC/C=C(/CC)CC[C@@H]12. The van der Waals surface area contributed by atoms with Gasteiger partial charge in [0.15, 0.2) is 0 Å². The van der Waals surface area contributed by atoms with Gasteiger partial charge in [-0.1, -0.05) is 32.1 Å². The highest BCUT2D eigenvalue weighted by atomic mass is 16.6. The van der Waals surface area contributed by atoms with Gasteiger partial charge in [-0.15, -0.1) is 0 Å². The minimum Gasteiger partial charge on any atom is -0.458 e. The zero-order valence-corrected chi connectivity index (χ0v) is 12.1. The van der Waals surface area contributed by atoms with Gasteiger partial charge in [-0.2, -0.15) is 0 Å². The number of ether oxygens (including phenoxy) is 1. The van der Waals surface area contributed by atoms with Crippen LogP contribution in [0.1, 0.15) is 52.4 Å². The number of allylic oxidation sites excluding steroid dienone is 2.